The Morgan fingerprint density at radius 3 is 2.71 bits per heavy atom. The Kier molecular flexibility index (Phi) is 3.70. The number of rotatable bonds is 4. The maximum absolute atomic E-state index is 5.83. The third-order valence-electron chi connectivity index (χ3n) is 2.83. The quantitative estimate of drug-likeness (QED) is 0.724. The Bertz CT molecular complexity index is 720. The lowest BCUT2D eigenvalue weighted by Crippen LogP contribution is -2.05. The lowest BCUT2D eigenvalue weighted by atomic mass is 10.3. The molecule has 0 atom stereocenters. The second-order valence-corrected chi connectivity index (χ2v) is 4.76. The predicted molar refractivity (Wildman–Crippen MR) is 82.3 cm³/mol. The van der Waals surface area contributed by atoms with Crippen molar-refractivity contribution in [3.8, 4) is 5.69 Å². The fraction of sp³-hybridized carbons (Fsp3) is 0.0714. The van der Waals surface area contributed by atoms with E-state index in [2.05, 4.69) is 20.4 Å². The Hall–Kier alpha value is -2.60. The minimum atomic E-state index is 0.139. The molecular weight excluding hydrogens is 288 g/mol. The number of nitrogen functional groups attached to an aromatic ring is 1. The molecule has 1 aromatic carbocycles. The van der Waals surface area contributed by atoms with Crippen LogP contribution in [0.3, 0.4) is 0 Å². The van der Waals surface area contributed by atoms with Gasteiger partial charge in [-0.25, -0.2) is 9.67 Å². The Morgan fingerprint density at radius 1 is 1.14 bits per heavy atom. The van der Waals surface area contributed by atoms with Gasteiger partial charge in [0.1, 0.15) is 11.0 Å². The van der Waals surface area contributed by atoms with Crippen LogP contribution in [0.25, 0.3) is 5.69 Å². The van der Waals surface area contributed by atoms with E-state index in [1.807, 2.05) is 47.3 Å². The van der Waals surface area contributed by atoms with Crippen LogP contribution >= 0.6 is 11.6 Å². The molecule has 3 N–H and O–H groups in total. The Balaban J connectivity index is 1.70. The van der Waals surface area contributed by atoms with Crippen molar-refractivity contribution in [2.45, 2.75) is 6.54 Å². The summed E-state index contributed by atoms with van der Waals surface area (Å²) in [6, 6.07) is 13.5. The minimum Gasteiger partial charge on any atom is -0.368 e. The van der Waals surface area contributed by atoms with Crippen LogP contribution in [0.4, 0.5) is 11.8 Å². The summed E-state index contributed by atoms with van der Waals surface area (Å²) in [7, 11) is 0. The molecule has 0 radical (unpaired) electrons. The number of nitrogens with zero attached hydrogens (tertiary/aromatic N) is 4. The highest BCUT2D eigenvalue weighted by Crippen LogP contribution is 2.13. The van der Waals surface area contributed by atoms with Crippen LogP contribution in [0, 0.1) is 0 Å². The van der Waals surface area contributed by atoms with Crippen LogP contribution in [-0.4, -0.2) is 19.7 Å². The third-order valence-corrected chi connectivity index (χ3v) is 3.02. The SMILES string of the molecule is Nc1nc(Cl)cc(NCc2ccn(-c3ccccc3)n2)n1. The summed E-state index contributed by atoms with van der Waals surface area (Å²) in [6.45, 7) is 0.520. The van der Waals surface area contributed by atoms with Gasteiger partial charge >= 0.3 is 0 Å². The molecule has 0 saturated heterocycles. The standard InChI is InChI=1S/C14H13ClN6/c15-12-8-13(19-14(16)18-12)17-9-10-6-7-21(20-10)11-4-2-1-3-5-11/h1-8H,9H2,(H3,16,17,18,19). The first-order valence-electron chi connectivity index (χ1n) is 6.34. The average Bonchev–Trinajstić information content (AvgIpc) is 2.94. The third kappa shape index (κ3) is 3.29. The van der Waals surface area contributed by atoms with Gasteiger partial charge in [0, 0.05) is 12.3 Å². The molecule has 6 nitrogen and oxygen atoms in total. The summed E-state index contributed by atoms with van der Waals surface area (Å²) >= 11 is 5.83. The van der Waals surface area contributed by atoms with Crippen LogP contribution in [0.2, 0.25) is 5.15 Å². The molecule has 7 heteroatoms. The summed E-state index contributed by atoms with van der Waals surface area (Å²) in [5, 5.41) is 7.91. The summed E-state index contributed by atoms with van der Waals surface area (Å²) in [5.74, 6) is 0.710. The largest absolute Gasteiger partial charge is 0.368 e. The van der Waals surface area contributed by atoms with Gasteiger partial charge in [0.05, 0.1) is 17.9 Å². The number of hydrogen-bond donors (Lipinski definition) is 2. The maximum Gasteiger partial charge on any atom is 0.223 e. The van der Waals surface area contributed by atoms with Crippen molar-refractivity contribution in [3.63, 3.8) is 0 Å². The molecule has 106 valence electrons. The molecule has 0 fully saturated rings. The van der Waals surface area contributed by atoms with Gasteiger partial charge in [0.25, 0.3) is 0 Å². The highest BCUT2D eigenvalue weighted by Gasteiger charge is 2.03. The van der Waals surface area contributed by atoms with Crippen molar-refractivity contribution in [1.82, 2.24) is 19.7 Å². The zero-order chi connectivity index (χ0) is 14.7. The van der Waals surface area contributed by atoms with E-state index >= 15 is 0 Å². The van der Waals surface area contributed by atoms with E-state index in [9.17, 15) is 0 Å². The molecular formula is C14H13ClN6. The van der Waals surface area contributed by atoms with Crippen molar-refractivity contribution in [1.29, 1.82) is 0 Å². The van der Waals surface area contributed by atoms with Gasteiger partial charge in [0.15, 0.2) is 0 Å². The van der Waals surface area contributed by atoms with Crippen molar-refractivity contribution in [2.24, 2.45) is 0 Å². The molecule has 0 aliphatic carbocycles. The molecule has 0 amide bonds. The van der Waals surface area contributed by atoms with Crippen molar-refractivity contribution in [2.75, 3.05) is 11.1 Å². The first-order valence-corrected chi connectivity index (χ1v) is 6.72. The fourth-order valence-electron chi connectivity index (χ4n) is 1.89. The van der Waals surface area contributed by atoms with Gasteiger partial charge in [-0.05, 0) is 18.2 Å². The predicted octanol–water partition coefficient (Wildman–Crippen LogP) is 2.51. The monoisotopic (exact) mass is 300 g/mol. The summed E-state index contributed by atoms with van der Waals surface area (Å²) in [6.07, 6.45) is 1.91. The number of nitrogens with two attached hydrogens (primary N) is 1. The van der Waals surface area contributed by atoms with Gasteiger partial charge in [-0.2, -0.15) is 10.1 Å². The first kappa shape index (κ1) is 13.4. The average molecular weight is 301 g/mol. The summed E-state index contributed by atoms with van der Waals surface area (Å²) in [5.41, 5.74) is 7.44. The Morgan fingerprint density at radius 2 is 1.95 bits per heavy atom. The van der Waals surface area contributed by atoms with E-state index in [1.54, 1.807) is 6.07 Å². The van der Waals surface area contributed by atoms with Gasteiger partial charge < -0.3 is 11.1 Å². The number of halogens is 1. The number of benzene rings is 1. The van der Waals surface area contributed by atoms with E-state index < -0.39 is 0 Å². The van der Waals surface area contributed by atoms with Gasteiger partial charge in [0.2, 0.25) is 5.95 Å². The smallest absolute Gasteiger partial charge is 0.223 e. The highest BCUT2D eigenvalue weighted by atomic mass is 35.5. The minimum absolute atomic E-state index is 0.139. The van der Waals surface area contributed by atoms with Crippen LogP contribution in [-0.2, 0) is 6.54 Å². The number of para-hydroxylation sites is 1. The van der Waals surface area contributed by atoms with Gasteiger partial charge in [-0.3, -0.25) is 0 Å². The van der Waals surface area contributed by atoms with Crippen LogP contribution in [0.15, 0.2) is 48.7 Å². The second kappa shape index (κ2) is 5.80. The molecule has 0 spiro atoms. The van der Waals surface area contributed by atoms with Crippen LogP contribution in [0.5, 0.6) is 0 Å². The lowest BCUT2D eigenvalue weighted by Gasteiger charge is -2.04. The van der Waals surface area contributed by atoms with E-state index in [-0.39, 0.29) is 5.95 Å². The molecule has 0 bridgehead atoms. The summed E-state index contributed by atoms with van der Waals surface area (Å²) in [4.78, 5) is 7.86. The van der Waals surface area contributed by atoms with Gasteiger partial charge in [-0.1, -0.05) is 29.8 Å². The van der Waals surface area contributed by atoms with Gasteiger partial charge in [-0.15, -0.1) is 0 Å². The second-order valence-electron chi connectivity index (χ2n) is 4.37. The Labute approximate surface area is 126 Å². The number of aromatic nitrogens is 4. The van der Waals surface area contributed by atoms with E-state index in [0.29, 0.717) is 17.5 Å². The molecule has 0 aliphatic rings. The van der Waals surface area contributed by atoms with E-state index in [4.69, 9.17) is 17.3 Å². The van der Waals surface area contributed by atoms with E-state index in [0.717, 1.165) is 11.4 Å². The molecule has 21 heavy (non-hydrogen) atoms. The topological polar surface area (TPSA) is 81.6 Å². The maximum atomic E-state index is 5.83. The highest BCUT2D eigenvalue weighted by molar-refractivity contribution is 6.29. The number of hydrogen-bond acceptors (Lipinski definition) is 5. The molecule has 2 heterocycles. The number of nitrogens with one attached hydrogen (secondary N) is 1. The zero-order valence-corrected chi connectivity index (χ0v) is 11.8. The molecule has 3 aromatic rings. The summed E-state index contributed by atoms with van der Waals surface area (Å²) < 4.78 is 1.82. The first-order chi connectivity index (χ1) is 10.2. The van der Waals surface area contributed by atoms with Crippen molar-refractivity contribution >= 4 is 23.4 Å². The van der Waals surface area contributed by atoms with Crippen molar-refractivity contribution < 1.29 is 0 Å². The molecule has 2 aromatic heterocycles. The van der Waals surface area contributed by atoms with Crippen molar-refractivity contribution in [3.05, 3.63) is 59.5 Å². The number of anilines is 2. The molecule has 3 rings (SSSR count). The lowest BCUT2D eigenvalue weighted by molar-refractivity contribution is 0.842. The normalized spacial score (nSPS) is 10.5. The molecule has 0 unspecified atom stereocenters. The molecule has 0 aliphatic heterocycles. The van der Waals surface area contributed by atoms with Crippen LogP contribution in [0.1, 0.15) is 5.69 Å². The molecule has 0 saturated carbocycles. The fourth-order valence-corrected chi connectivity index (χ4v) is 2.08. The zero-order valence-electron chi connectivity index (χ0n) is 11.1. The van der Waals surface area contributed by atoms with E-state index in [1.165, 1.54) is 0 Å². The van der Waals surface area contributed by atoms with Crippen LogP contribution < -0.4 is 11.1 Å².